The maximum Gasteiger partial charge on any atom is 0.251 e. The van der Waals surface area contributed by atoms with Gasteiger partial charge in [-0.1, -0.05) is 30.3 Å². The van der Waals surface area contributed by atoms with Crippen LogP contribution < -0.4 is 25.4 Å². The summed E-state index contributed by atoms with van der Waals surface area (Å²) in [5, 5.41) is 9.23. The van der Waals surface area contributed by atoms with Gasteiger partial charge in [-0.25, -0.2) is 0 Å². The van der Waals surface area contributed by atoms with Crippen LogP contribution in [0.2, 0.25) is 0 Å². The Kier molecular flexibility index (Phi) is 8.65. The van der Waals surface area contributed by atoms with Crippen LogP contribution in [-0.2, 0) is 0 Å². The Labute approximate surface area is 166 Å². The molecule has 2 aromatic carbocycles. The van der Waals surface area contributed by atoms with Crippen LogP contribution in [0.25, 0.3) is 0 Å². The fraction of sp³-hybridized carbons (Fsp3) is 0.333. The van der Waals surface area contributed by atoms with E-state index in [9.17, 15) is 4.79 Å². The van der Waals surface area contributed by atoms with Crippen LogP contribution in [0.1, 0.15) is 17.3 Å². The number of carbonyl (C=O) groups is 1. The summed E-state index contributed by atoms with van der Waals surface area (Å²) in [6.45, 7) is 3.57. The van der Waals surface area contributed by atoms with Crippen molar-refractivity contribution in [2.45, 2.75) is 13.0 Å². The number of hydrogen-bond donors (Lipinski definition) is 3. The second-order valence-electron chi connectivity index (χ2n) is 6.08. The van der Waals surface area contributed by atoms with Crippen LogP contribution in [-0.4, -0.2) is 51.8 Å². The first-order chi connectivity index (χ1) is 13.6. The van der Waals surface area contributed by atoms with Gasteiger partial charge in [0.1, 0.15) is 6.10 Å². The van der Waals surface area contributed by atoms with Crippen LogP contribution in [0, 0.1) is 0 Å². The standard InChI is InChI=1S/C21H28N4O3/c1-16(28-19-12-8-7-11-18(19)27-3)15-25-21(22-2)24-14-13-23-20(26)17-9-5-4-6-10-17/h4-12,16H,13-15H2,1-3H3,(H,23,26)(H2,22,24,25). The lowest BCUT2D eigenvalue weighted by atomic mass is 10.2. The van der Waals surface area contributed by atoms with Gasteiger partial charge in [0, 0.05) is 25.7 Å². The smallest absolute Gasteiger partial charge is 0.251 e. The predicted octanol–water partition coefficient (Wildman–Crippen LogP) is 2.06. The van der Waals surface area contributed by atoms with Crippen molar-refractivity contribution in [3.05, 3.63) is 60.2 Å². The van der Waals surface area contributed by atoms with Gasteiger partial charge in [0.25, 0.3) is 5.91 Å². The molecule has 0 aliphatic carbocycles. The molecule has 0 saturated heterocycles. The molecule has 0 aliphatic rings. The maximum absolute atomic E-state index is 12.0. The van der Waals surface area contributed by atoms with Gasteiger partial charge in [-0.2, -0.15) is 0 Å². The predicted molar refractivity (Wildman–Crippen MR) is 111 cm³/mol. The Bertz CT molecular complexity index is 765. The van der Waals surface area contributed by atoms with E-state index in [1.807, 2.05) is 49.4 Å². The van der Waals surface area contributed by atoms with Gasteiger partial charge >= 0.3 is 0 Å². The number of amides is 1. The number of para-hydroxylation sites is 2. The van der Waals surface area contributed by atoms with Gasteiger partial charge in [-0.15, -0.1) is 0 Å². The van der Waals surface area contributed by atoms with E-state index in [2.05, 4.69) is 20.9 Å². The van der Waals surface area contributed by atoms with E-state index < -0.39 is 0 Å². The second kappa shape index (κ2) is 11.5. The number of carbonyl (C=O) groups excluding carboxylic acids is 1. The Balaban J connectivity index is 1.69. The highest BCUT2D eigenvalue weighted by atomic mass is 16.5. The Morgan fingerprint density at radius 3 is 2.29 bits per heavy atom. The molecule has 3 N–H and O–H groups in total. The summed E-state index contributed by atoms with van der Waals surface area (Å²) >= 11 is 0. The van der Waals surface area contributed by atoms with Gasteiger partial charge in [-0.3, -0.25) is 9.79 Å². The lowest BCUT2D eigenvalue weighted by molar-refractivity contribution is 0.0954. The molecule has 0 aliphatic heterocycles. The van der Waals surface area contributed by atoms with Crippen molar-refractivity contribution >= 4 is 11.9 Å². The zero-order valence-corrected chi connectivity index (χ0v) is 16.6. The molecule has 2 rings (SSSR count). The molecule has 7 nitrogen and oxygen atoms in total. The van der Waals surface area contributed by atoms with Crippen LogP contribution in [0.5, 0.6) is 11.5 Å². The molecule has 0 heterocycles. The third-order valence-corrected chi connectivity index (χ3v) is 3.92. The van der Waals surface area contributed by atoms with E-state index in [1.165, 1.54) is 0 Å². The molecule has 0 fully saturated rings. The van der Waals surface area contributed by atoms with Gasteiger partial charge in [-0.05, 0) is 31.2 Å². The molecular formula is C21H28N4O3. The van der Waals surface area contributed by atoms with E-state index in [0.29, 0.717) is 42.7 Å². The fourth-order valence-corrected chi connectivity index (χ4v) is 2.48. The molecule has 7 heteroatoms. The van der Waals surface area contributed by atoms with E-state index in [4.69, 9.17) is 9.47 Å². The SMILES string of the molecule is CN=C(NCCNC(=O)c1ccccc1)NCC(C)Oc1ccccc1OC. The Hall–Kier alpha value is -3.22. The van der Waals surface area contributed by atoms with E-state index in [1.54, 1.807) is 26.3 Å². The van der Waals surface area contributed by atoms with E-state index >= 15 is 0 Å². The average Bonchev–Trinajstić information content (AvgIpc) is 2.74. The third kappa shape index (κ3) is 6.83. The van der Waals surface area contributed by atoms with Crippen LogP contribution in [0.4, 0.5) is 0 Å². The summed E-state index contributed by atoms with van der Waals surface area (Å²) in [4.78, 5) is 16.2. The van der Waals surface area contributed by atoms with Crippen molar-refractivity contribution < 1.29 is 14.3 Å². The van der Waals surface area contributed by atoms with Gasteiger partial charge in [0.05, 0.1) is 13.7 Å². The zero-order chi connectivity index (χ0) is 20.2. The summed E-state index contributed by atoms with van der Waals surface area (Å²) in [5.41, 5.74) is 0.646. The molecular weight excluding hydrogens is 356 g/mol. The number of hydrogen-bond acceptors (Lipinski definition) is 4. The monoisotopic (exact) mass is 384 g/mol. The number of nitrogens with one attached hydrogen (secondary N) is 3. The molecule has 0 bridgehead atoms. The van der Waals surface area contributed by atoms with Crippen molar-refractivity contribution in [3.63, 3.8) is 0 Å². The molecule has 1 atom stereocenters. The maximum atomic E-state index is 12.0. The average molecular weight is 384 g/mol. The summed E-state index contributed by atoms with van der Waals surface area (Å²) in [5.74, 6) is 1.95. The summed E-state index contributed by atoms with van der Waals surface area (Å²) < 4.78 is 11.2. The van der Waals surface area contributed by atoms with Crippen LogP contribution >= 0.6 is 0 Å². The number of guanidine groups is 1. The topological polar surface area (TPSA) is 84.0 Å². The quantitative estimate of drug-likeness (QED) is 0.350. The summed E-state index contributed by atoms with van der Waals surface area (Å²) in [6.07, 6.45) is -0.0902. The van der Waals surface area contributed by atoms with Gasteiger partial charge < -0.3 is 25.4 Å². The van der Waals surface area contributed by atoms with Gasteiger partial charge in [0.15, 0.2) is 17.5 Å². The molecule has 1 amide bonds. The first-order valence-electron chi connectivity index (χ1n) is 9.21. The van der Waals surface area contributed by atoms with Crippen molar-refractivity contribution in [1.29, 1.82) is 0 Å². The number of rotatable bonds is 9. The fourth-order valence-electron chi connectivity index (χ4n) is 2.48. The largest absolute Gasteiger partial charge is 0.493 e. The minimum absolute atomic E-state index is 0.0902. The summed E-state index contributed by atoms with van der Waals surface area (Å²) in [7, 11) is 3.32. The Morgan fingerprint density at radius 1 is 0.964 bits per heavy atom. The molecule has 0 aromatic heterocycles. The van der Waals surface area contributed by atoms with Crippen molar-refractivity contribution in [1.82, 2.24) is 16.0 Å². The summed E-state index contributed by atoms with van der Waals surface area (Å²) in [6, 6.07) is 16.7. The highest BCUT2D eigenvalue weighted by Gasteiger charge is 2.09. The highest BCUT2D eigenvalue weighted by molar-refractivity contribution is 5.94. The van der Waals surface area contributed by atoms with Crippen molar-refractivity contribution in [2.24, 2.45) is 4.99 Å². The minimum atomic E-state index is -0.0934. The first-order valence-corrected chi connectivity index (χ1v) is 9.21. The van der Waals surface area contributed by atoms with Crippen LogP contribution in [0.3, 0.4) is 0 Å². The van der Waals surface area contributed by atoms with E-state index in [-0.39, 0.29) is 12.0 Å². The molecule has 0 radical (unpaired) electrons. The highest BCUT2D eigenvalue weighted by Crippen LogP contribution is 2.26. The molecule has 150 valence electrons. The Morgan fingerprint density at radius 2 is 1.61 bits per heavy atom. The number of aliphatic imine (C=N–C) groups is 1. The zero-order valence-electron chi connectivity index (χ0n) is 16.6. The number of ether oxygens (including phenoxy) is 2. The lowest BCUT2D eigenvalue weighted by Crippen LogP contribution is -2.44. The second-order valence-corrected chi connectivity index (χ2v) is 6.08. The van der Waals surface area contributed by atoms with Crippen molar-refractivity contribution in [3.8, 4) is 11.5 Å². The molecule has 0 saturated carbocycles. The lowest BCUT2D eigenvalue weighted by Gasteiger charge is -2.19. The minimum Gasteiger partial charge on any atom is -0.493 e. The molecule has 28 heavy (non-hydrogen) atoms. The van der Waals surface area contributed by atoms with Gasteiger partial charge in [0.2, 0.25) is 0 Å². The molecule has 2 aromatic rings. The van der Waals surface area contributed by atoms with Crippen molar-refractivity contribution in [2.75, 3.05) is 33.8 Å². The number of nitrogens with zero attached hydrogens (tertiary/aromatic N) is 1. The third-order valence-electron chi connectivity index (χ3n) is 3.92. The number of methoxy groups -OCH3 is 1. The molecule has 0 spiro atoms. The van der Waals surface area contributed by atoms with E-state index in [0.717, 1.165) is 0 Å². The van der Waals surface area contributed by atoms with Crippen LogP contribution in [0.15, 0.2) is 59.6 Å². The molecule has 1 unspecified atom stereocenters. The first kappa shape index (κ1) is 21.1. The number of benzene rings is 2. The normalized spacial score (nSPS) is 12.0.